The summed E-state index contributed by atoms with van der Waals surface area (Å²) < 4.78 is 33.9. The van der Waals surface area contributed by atoms with Gasteiger partial charge in [-0.15, -0.1) is 0 Å². The van der Waals surface area contributed by atoms with Crippen molar-refractivity contribution in [3.8, 4) is 0 Å². The van der Waals surface area contributed by atoms with Crippen LogP contribution in [0.5, 0.6) is 0 Å². The molecule has 0 radical (unpaired) electrons. The van der Waals surface area contributed by atoms with E-state index in [0.29, 0.717) is 37.3 Å². The number of halogens is 2. The van der Waals surface area contributed by atoms with E-state index in [1.165, 1.54) is 18.2 Å². The predicted molar refractivity (Wildman–Crippen MR) is 123 cm³/mol. The number of pyridine rings is 1. The fourth-order valence-electron chi connectivity index (χ4n) is 4.03. The van der Waals surface area contributed by atoms with Gasteiger partial charge >= 0.3 is 0 Å². The number of aromatic amines is 1. The molecule has 174 valence electrons. The first-order chi connectivity index (χ1) is 16.0. The van der Waals surface area contributed by atoms with Crippen LogP contribution in [0.1, 0.15) is 48.5 Å². The first-order valence-corrected chi connectivity index (χ1v) is 11.4. The van der Waals surface area contributed by atoms with E-state index in [1.807, 2.05) is 13.0 Å². The third-order valence-corrected chi connectivity index (χ3v) is 6.14. The first kappa shape index (κ1) is 21.8. The van der Waals surface area contributed by atoms with Crippen LogP contribution in [0.2, 0.25) is 0 Å². The molecular weight excluding hydrogens is 426 g/mol. The molecule has 0 bridgehead atoms. The average Bonchev–Trinajstić information content (AvgIpc) is 3.56. The van der Waals surface area contributed by atoms with Crippen LogP contribution in [0.3, 0.4) is 0 Å². The lowest BCUT2D eigenvalue weighted by molar-refractivity contribution is 0.0342. The zero-order valence-corrected chi connectivity index (χ0v) is 18.6. The Kier molecular flexibility index (Phi) is 6.24. The van der Waals surface area contributed by atoms with E-state index >= 15 is 4.39 Å². The number of hydrogen-bond acceptors (Lipinski definition) is 6. The van der Waals surface area contributed by atoms with E-state index in [1.54, 1.807) is 12.1 Å². The molecule has 3 aromatic rings. The van der Waals surface area contributed by atoms with Crippen molar-refractivity contribution in [1.29, 1.82) is 0 Å². The van der Waals surface area contributed by atoms with Crippen molar-refractivity contribution in [2.24, 2.45) is 0 Å². The fraction of sp³-hybridized carbons (Fsp3) is 0.417. The zero-order valence-electron chi connectivity index (χ0n) is 18.6. The summed E-state index contributed by atoms with van der Waals surface area (Å²) in [5.41, 5.74) is 2.73. The third-order valence-electron chi connectivity index (χ3n) is 6.14. The number of nitrogens with zero attached hydrogens (tertiary/aromatic N) is 3. The Morgan fingerprint density at radius 1 is 1.12 bits per heavy atom. The minimum Gasteiger partial charge on any atom is -0.379 e. The van der Waals surface area contributed by atoms with Gasteiger partial charge in [-0.3, -0.25) is 10.00 Å². The molecule has 1 aliphatic heterocycles. The molecule has 1 saturated heterocycles. The van der Waals surface area contributed by atoms with Crippen LogP contribution in [-0.2, 0) is 11.3 Å². The summed E-state index contributed by atoms with van der Waals surface area (Å²) in [5, 5.41) is 13.7. The van der Waals surface area contributed by atoms with Crippen molar-refractivity contribution < 1.29 is 13.5 Å². The number of ether oxygens (including phenoxy) is 1. The highest BCUT2D eigenvalue weighted by atomic mass is 19.1. The highest BCUT2D eigenvalue weighted by Crippen LogP contribution is 2.39. The quantitative estimate of drug-likeness (QED) is 0.458. The normalized spacial score (nSPS) is 17.7. The van der Waals surface area contributed by atoms with E-state index in [9.17, 15) is 4.39 Å². The van der Waals surface area contributed by atoms with E-state index in [4.69, 9.17) is 4.74 Å². The minimum absolute atomic E-state index is 0.114. The summed E-state index contributed by atoms with van der Waals surface area (Å²) in [6.07, 6.45) is 2.31. The predicted octanol–water partition coefficient (Wildman–Crippen LogP) is 4.71. The largest absolute Gasteiger partial charge is 0.379 e. The molecule has 2 fully saturated rings. The van der Waals surface area contributed by atoms with Crippen molar-refractivity contribution in [1.82, 2.24) is 20.1 Å². The maximum atomic E-state index is 15.1. The molecule has 2 aromatic heterocycles. The molecule has 7 nitrogen and oxygen atoms in total. The summed E-state index contributed by atoms with van der Waals surface area (Å²) in [4.78, 5) is 6.82. The van der Waals surface area contributed by atoms with Crippen molar-refractivity contribution >= 4 is 17.5 Å². The van der Waals surface area contributed by atoms with Crippen molar-refractivity contribution in [3.63, 3.8) is 0 Å². The fourth-order valence-corrected chi connectivity index (χ4v) is 4.03. The van der Waals surface area contributed by atoms with Gasteiger partial charge in [-0.2, -0.15) is 5.10 Å². The van der Waals surface area contributed by atoms with Gasteiger partial charge in [-0.1, -0.05) is 12.1 Å². The van der Waals surface area contributed by atoms with Gasteiger partial charge in [0.25, 0.3) is 0 Å². The maximum Gasteiger partial charge on any atom is 0.170 e. The Morgan fingerprint density at radius 2 is 1.88 bits per heavy atom. The molecule has 1 saturated carbocycles. The van der Waals surface area contributed by atoms with Crippen LogP contribution < -0.4 is 10.6 Å². The summed E-state index contributed by atoms with van der Waals surface area (Å²) in [6.45, 7) is 5.41. The van der Waals surface area contributed by atoms with Crippen LogP contribution >= 0.6 is 0 Å². The van der Waals surface area contributed by atoms with Crippen LogP contribution in [0.25, 0.3) is 0 Å². The summed E-state index contributed by atoms with van der Waals surface area (Å²) >= 11 is 0. The van der Waals surface area contributed by atoms with Crippen molar-refractivity contribution in [2.45, 2.75) is 38.3 Å². The number of nitrogens with one attached hydrogen (secondary N) is 3. The van der Waals surface area contributed by atoms with Crippen LogP contribution in [0, 0.1) is 11.6 Å². The van der Waals surface area contributed by atoms with E-state index < -0.39 is 5.82 Å². The van der Waals surface area contributed by atoms with E-state index in [-0.39, 0.29) is 17.7 Å². The number of aromatic nitrogens is 3. The Morgan fingerprint density at radius 3 is 2.61 bits per heavy atom. The van der Waals surface area contributed by atoms with Gasteiger partial charge in [-0.25, -0.2) is 13.8 Å². The van der Waals surface area contributed by atoms with E-state index in [0.717, 1.165) is 42.8 Å². The molecular formula is C24H28F2N6O. The molecule has 5 rings (SSSR count). The molecule has 2 aliphatic rings. The molecule has 3 N–H and O–H groups in total. The van der Waals surface area contributed by atoms with Gasteiger partial charge in [0.05, 0.1) is 13.2 Å². The average molecular weight is 455 g/mol. The number of H-pyrrole nitrogens is 1. The topological polar surface area (TPSA) is 78.1 Å². The molecule has 1 atom stereocenters. The number of benzene rings is 1. The Balaban J connectivity index is 1.41. The van der Waals surface area contributed by atoms with Gasteiger partial charge in [0.15, 0.2) is 17.5 Å². The molecule has 0 spiro atoms. The molecule has 9 heteroatoms. The second-order valence-corrected chi connectivity index (χ2v) is 8.74. The first-order valence-electron chi connectivity index (χ1n) is 11.4. The zero-order chi connectivity index (χ0) is 22.8. The number of hydrogen-bond donors (Lipinski definition) is 3. The number of morpholine rings is 1. The second kappa shape index (κ2) is 9.44. The van der Waals surface area contributed by atoms with Crippen LogP contribution in [0.4, 0.5) is 26.2 Å². The SMILES string of the molecule is C[C@H](Nc1nc(Nc2cc(C3CC3)[nH]n2)c(F)cc1CN1CCOCC1)c1ccc(F)cc1. The van der Waals surface area contributed by atoms with Gasteiger partial charge < -0.3 is 15.4 Å². The van der Waals surface area contributed by atoms with Crippen molar-refractivity contribution in [3.05, 3.63) is 64.9 Å². The van der Waals surface area contributed by atoms with Gasteiger partial charge in [0.1, 0.15) is 11.6 Å². The van der Waals surface area contributed by atoms with E-state index in [2.05, 4.69) is 30.7 Å². The standard InChI is InChI=1S/C24H28F2N6O/c1-15(16-4-6-19(25)7-5-16)27-23-18(14-32-8-10-33-11-9-32)12-20(26)24(29-23)28-22-13-21(30-31-22)17-2-3-17/h4-7,12-13,15,17H,2-3,8-11,14H2,1H3,(H3,27,28,29,30,31)/t15-/m0/s1. The highest BCUT2D eigenvalue weighted by Gasteiger charge is 2.26. The van der Waals surface area contributed by atoms with Gasteiger partial charge in [-0.05, 0) is 43.5 Å². The lowest BCUT2D eigenvalue weighted by atomic mass is 10.1. The summed E-state index contributed by atoms with van der Waals surface area (Å²) in [7, 11) is 0. The molecule has 1 aliphatic carbocycles. The minimum atomic E-state index is -0.436. The molecule has 0 amide bonds. The highest BCUT2D eigenvalue weighted by molar-refractivity contribution is 5.59. The third kappa shape index (κ3) is 5.31. The Hall–Kier alpha value is -3.04. The summed E-state index contributed by atoms with van der Waals surface area (Å²) in [6, 6.07) is 9.63. The Labute approximate surface area is 191 Å². The smallest absolute Gasteiger partial charge is 0.170 e. The summed E-state index contributed by atoms with van der Waals surface area (Å²) in [5.74, 6) is 1.05. The number of rotatable bonds is 8. The Bertz CT molecular complexity index is 1090. The van der Waals surface area contributed by atoms with Gasteiger partial charge in [0.2, 0.25) is 0 Å². The monoisotopic (exact) mass is 454 g/mol. The van der Waals surface area contributed by atoms with Gasteiger partial charge in [0, 0.05) is 48.9 Å². The van der Waals surface area contributed by atoms with Crippen LogP contribution in [0.15, 0.2) is 36.4 Å². The van der Waals surface area contributed by atoms with Crippen molar-refractivity contribution in [2.75, 3.05) is 36.9 Å². The lowest BCUT2D eigenvalue weighted by Crippen LogP contribution is -2.36. The maximum absolute atomic E-state index is 15.1. The van der Waals surface area contributed by atoms with Crippen LogP contribution in [-0.4, -0.2) is 46.4 Å². The molecule has 33 heavy (non-hydrogen) atoms. The molecule has 0 unspecified atom stereocenters. The lowest BCUT2D eigenvalue weighted by Gasteiger charge is -2.28. The second-order valence-electron chi connectivity index (χ2n) is 8.74. The molecule has 3 heterocycles. The number of anilines is 3. The molecule has 1 aromatic carbocycles.